The molecule has 1 saturated heterocycles. The molecule has 0 amide bonds. The van der Waals surface area contributed by atoms with Gasteiger partial charge in [-0.2, -0.15) is 10.1 Å². The maximum atomic E-state index is 5.77. The zero-order valence-electron chi connectivity index (χ0n) is 19.4. The van der Waals surface area contributed by atoms with Crippen LogP contribution >= 0.6 is 0 Å². The van der Waals surface area contributed by atoms with E-state index < -0.39 is 0 Å². The number of nitrogens with zero attached hydrogens (tertiary/aromatic N) is 6. The van der Waals surface area contributed by atoms with E-state index in [4.69, 9.17) is 14.5 Å². The van der Waals surface area contributed by atoms with E-state index in [0.717, 1.165) is 72.4 Å². The Bertz CT molecular complexity index is 1260. The molecule has 1 aliphatic rings. The van der Waals surface area contributed by atoms with Gasteiger partial charge in [0.1, 0.15) is 11.5 Å². The summed E-state index contributed by atoms with van der Waals surface area (Å²) in [6.45, 7) is 4.85. The number of rotatable bonds is 8. The molecular weight excluding hydrogens is 428 g/mol. The second-order valence-corrected chi connectivity index (χ2v) is 8.39. The molecule has 0 aliphatic carbocycles. The number of nitrogens with one attached hydrogen (secondary N) is 2. The molecule has 9 nitrogen and oxygen atoms in total. The Morgan fingerprint density at radius 1 is 1.18 bits per heavy atom. The first kappa shape index (κ1) is 21.8. The van der Waals surface area contributed by atoms with Gasteiger partial charge in [0, 0.05) is 42.3 Å². The summed E-state index contributed by atoms with van der Waals surface area (Å²) in [5, 5.41) is 14.8. The van der Waals surface area contributed by atoms with Gasteiger partial charge in [0.15, 0.2) is 11.6 Å². The van der Waals surface area contributed by atoms with Gasteiger partial charge in [-0.3, -0.25) is 10.1 Å². The van der Waals surface area contributed by atoms with Crippen molar-refractivity contribution in [3.05, 3.63) is 71.9 Å². The third kappa shape index (κ3) is 4.83. The van der Waals surface area contributed by atoms with Crippen molar-refractivity contribution < 1.29 is 4.52 Å². The summed E-state index contributed by atoms with van der Waals surface area (Å²) >= 11 is 0. The summed E-state index contributed by atoms with van der Waals surface area (Å²) in [4.78, 5) is 16.4. The molecular formula is C25H28N8O. The van der Waals surface area contributed by atoms with Crippen molar-refractivity contribution in [2.45, 2.75) is 45.6 Å². The lowest BCUT2D eigenvalue weighted by atomic mass is 10.1. The molecule has 1 fully saturated rings. The molecule has 1 aliphatic heterocycles. The first-order valence-electron chi connectivity index (χ1n) is 11.6. The number of pyridine rings is 1. The second-order valence-electron chi connectivity index (χ2n) is 8.39. The van der Waals surface area contributed by atoms with Gasteiger partial charge in [-0.25, -0.2) is 4.98 Å². The van der Waals surface area contributed by atoms with Crippen molar-refractivity contribution in [3.63, 3.8) is 0 Å². The van der Waals surface area contributed by atoms with Gasteiger partial charge in [-0.05, 0) is 51.7 Å². The Morgan fingerprint density at radius 3 is 2.91 bits per heavy atom. The quantitative estimate of drug-likeness (QED) is 0.350. The number of hydrogen-bond donors (Lipinski definition) is 2. The Kier molecular flexibility index (Phi) is 6.33. The first-order chi connectivity index (χ1) is 16.7. The lowest BCUT2D eigenvalue weighted by molar-refractivity contribution is 0.362. The van der Waals surface area contributed by atoms with E-state index in [9.17, 15) is 0 Å². The molecule has 0 aromatic carbocycles. The third-order valence-corrected chi connectivity index (χ3v) is 5.83. The fourth-order valence-electron chi connectivity index (χ4n) is 4.20. The van der Waals surface area contributed by atoms with Gasteiger partial charge < -0.3 is 14.7 Å². The van der Waals surface area contributed by atoms with Crippen molar-refractivity contribution in [3.8, 4) is 11.4 Å². The maximum absolute atomic E-state index is 5.77. The number of aromatic nitrogens is 6. The molecule has 1 atom stereocenters. The zero-order chi connectivity index (χ0) is 23.3. The molecule has 34 heavy (non-hydrogen) atoms. The van der Waals surface area contributed by atoms with Gasteiger partial charge in [0.05, 0.1) is 11.7 Å². The van der Waals surface area contributed by atoms with Gasteiger partial charge >= 0.3 is 0 Å². The normalized spacial score (nSPS) is 15.9. The topological polar surface area (TPSA) is 109 Å². The molecule has 174 valence electrons. The molecule has 2 N–H and O–H groups in total. The van der Waals surface area contributed by atoms with Gasteiger partial charge in [-0.15, -0.1) is 0 Å². The molecule has 0 spiro atoms. The average Bonchev–Trinajstić information content (AvgIpc) is 3.60. The van der Waals surface area contributed by atoms with Crippen molar-refractivity contribution in [2.75, 3.05) is 16.8 Å². The summed E-state index contributed by atoms with van der Waals surface area (Å²) < 4.78 is 5.77. The van der Waals surface area contributed by atoms with Crippen LogP contribution in [0.15, 0.2) is 59.3 Å². The number of H-pyrrole nitrogens is 1. The molecule has 5 rings (SSSR count). The number of allylic oxidation sites excluding steroid dienone is 2. The number of anilines is 3. The van der Waals surface area contributed by atoms with Gasteiger partial charge in [0.2, 0.25) is 5.95 Å². The summed E-state index contributed by atoms with van der Waals surface area (Å²) in [6.07, 6.45) is 9.70. The Balaban J connectivity index is 1.44. The number of hydrogen-bond acceptors (Lipinski definition) is 8. The van der Waals surface area contributed by atoms with Crippen LogP contribution in [-0.2, 0) is 6.42 Å². The van der Waals surface area contributed by atoms with Gasteiger partial charge in [0.25, 0.3) is 0 Å². The maximum Gasteiger partial charge on any atom is 0.228 e. The molecule has 0 saturated carbocycles. The van der Waals surface area contributed by atoms with Crippen molar-refractivity contribution in [2.24, 2.45) is 0 Å². The molecule has 5 heterocycles. The standard InChI is InChI=1S/C25H28N8O/c1-3-4-5-9-18-15-23(28-24-14-17(2)30-31-24)29-25(27-18)33-13-8-11-21(33)22-16-20(32-34-22)19-10-6-7-12-26-19/h3-4,6-7,10,12,14-16,21H,5,8-9,11,13H2,1-2H3,(H2,27,28,29,30,31). The fraction of sp³-hybridized carbons (Fsp3) is 0.320. The molecule has 9 heteroatoms. The van der Waals surface area contributed by atoms with Crippen LogP contribution in [0.5, 0.6) is 0 Å². The van der Waals surface area contributed by atoms with E-state index in [-0.39, 0.29) is 6.04 Å². The monoisotopic (exact) mass is 456 g/mol. The summed E-state index contributed by atoms with van der Waals surface area (Å²) in [5.41, 5.74) is 3.50. The van der Waals surface area contributed by atoms with E-state index in [1.165, 1.54) is 0 Å². The van der Waals surface area contributed by atoms with Gasteiger partial charge in [-0.1, -0.05) is 23.4 Å². The fourth-order valence-corrected chi connectivity index (χ4v) is 4.20. The SMILES string of the molecule is CC=CCCc1cc(Nc2cc(C)[nH]n2)nc(N2CCCC2c2cc(-c3ccccn3)no2)n1. The van der Waals surface area contributed by atoms with Crippen LogP contribution in [0.3, 0.4) is 0 Å². The summed E-state index contributed by atoms with van der Waals surface area (Å²) in [7, 11) is 0. The van der Waals surface area contributed by atoms with E-state index in [0.29, 0.717) is 5.95 Å². The Hall–Kier alpha value is -4.01. The Labute approximate surface area is 198 Å². The summed E-state index contributed by atoms with van der Waals surface area (Å²) in [5.74, 6) is 2.95. The van der Waals surface area contributed by atoms with E-state index in [1.54, 1.807) is 6.20 Å². The van der Waals surface area contributed by atoms with Crippen LogP contribution in [0.2, 0.25) is 0 Å². The van der Waals surface area contributed by atoms with E-state index >= 15 is 0 Å². The van der Waals surface area contributed by atoms with Crippen LogP contribution in [-0.4, -0.2) is 36.9 Å². The highest BCUT2D eigenvalue weighted by atomic mass is 16.5. The lowest BCUT2D eigenvalue weighted by Gasteiger charge is -2.23. The smallest absolute Gasteiger partial charge is 0.228 e. The molecule has 4 aromatic heterocycles. The Morgan fingerprint density at radius 2 is 2.12 bits per heavy atom. The number of aromatic amines is 1. The molecule has 4 aromatic rings. The van der Waals surface area contributed by atoms with E-state index in [1.807, 2.05) is 50.2 Å². The average molecular weight is 457 g/mol. The first-order valence-corrected chi connectivity index (χ1v) is 11.6. The second kappa shape index (κ2) is 9.86. The van der Waals surface area contributed by atoms with Crippen LogP contribution in [0, 0.1) is 6.92 Å². The molecule has 0 radical (unpaired) electrons. The van der Waals surface area contributed by atoms with Crippen LogP contribution in [0.1, 0.15) is 49.4 Å². The lowest BCUT2D eigenvalue weighted by Crippen LogP contribution is -2.25. The number of aryl methyl sites for hydroxylation is 2. The molecule has 1 unspecified atom stereocenters. The van der Waals surface area contributed by atoms with Crippen molar-refractivity contribution in [1.29, 1.82) is 0 Å². The minimum absolute atomic E-state index is 0.0243. The third-order valence-electron chi connectivity index (χ3n) is 5.83. The predicted molar refractivity (Wildman–Crippen MR) is 131 cm³/mol. The molecule has 0 bridgehead atoms. The highest BCUT2D eigenvalue weighted by Crippen LogP contribution is 2.36. The predicted octanol–water partition coefficient (Wildman–Crippen LogP) is 5.15. The van der Waals surface area contributed by atoms with Crippen molar-refractivity contribution >= 4 is 17.6 Å². The van der Waals surface area contributed by atoms with Crippen LogP contribution in [0.25, 0.3) is 11.4 Å². The zero-order valence-corrected chi connectivity index (χ0v) is 19.4. The summed E-state index contributed by atoms with van der Waals surface area (Å²) in [6, 6.07) is 11.7. The van der Waals surface area contributed by atoms with Crippen LogP contribution < -0.4 is 10.2 Å². The van der Waals surface area contributed by atoms with E-state index in [2.05, 4.69) is 42.7 Å². The minimum atomic E-state index is 0.0243. The minimum Gasteiger partial charge on any atom is -0.358 e. The van der Waals surface area contributed by atoms with Crippen molar-refractivity contribution in [1.82, 2.24) is 30.3 Å². The highest BCUT2D eigenvalue weighted by Gasteiger charge is 2.32. The largest absolute Gasteiger partial charge is 0.358 e. The van der Waals surface area contributed by atoms with Crippen LogP contribution in [0.4, 0.5) is 17.6 Å². The highest BCUT2D eigenvalue weighted by molar-refractivity contribution is 5.56.